The molecule has 3 atom stereocenters. The van der Waals surface area contributed by atoms with Crippen LogP contribution in [-0.4, -0.2) is 99.7 Å². The van der Waals surface area contributed by atoms with Crippen LogP contribution in [0.25, 0.3) is 33.6 Å². The number of benzene rings is 2. The SMILES string of the molecule is COC(=O)N[C@H](C(=O)N1CCCC1c1ncc(-c2ccc(-c3ccc(-c4cnc([C@@H]5CCCN5C(=O)CNC5CCOCC5)[nH]4)cc3)cc2)[nH]1)C(C)C. The summed E-state index contributed by atoms with van der Waals surface area (Å²) in [5.74, 6) is 1.48. The normalized spacial score (nSPS) is 19.8. The number of aromatic nitrogens is 4. The van der Waals surface area contributed by atoms with Crippen LogP contribution in [0.15, 0.2) is 60.9 Å². The van der Waals surface area contributed by atoms with E-state index in [4.69, 9.17) is 14.5 Å². The van der Waals surface area contributed by atoms with Gasteiger partial charge in [0, 0.05) is 32.3 Å². The lowest BCUT2D eigenvalue weighted by molar-refractivity contribution is -0.135. The van der Waals surface area contributed by atoms with Crippen molar-refractivity contribution in [2.24, 2.45) is 5.92 Å². The first-order chi connectivity index (χ1) is 25.8. The molecular weight excluding hydrogens is 672 g/mol. The molecule has 3 aliphatic rings. The number of hydrogen-bond donors (Lipinski definition) is 4. The molecule has 2 aromatic carbocycles. The summed E-state index contributed by atoms with van der Waals surface area (Å²) in [6, 6.07) is 16.2. The number of H-pyrrole nitrogens is 2. The third-order valence-corrected chi connectivity index (χ3v) is 10.8. The molecule has 1 unspecified atom stereocenters. The lowest BCUT2D eigenvalue weighted by atomic mass is 10.0. The number of likely N-dealkylation sites (tertiary alicyclic amines) is 2. The van der Waals surface area contributed by atoms with Gasteiger partial charge in [-0.25, -0.2) is 14.8 Å². The summed E-state index contributed by atoms with van der Waals surface area (Å²) < 4.78 is 10.2. The molecular formula is C40H50N8O5. The second-order valence-electron chi connectivity index (χ2n) is 14.6. The molecule has 0 bridgehead atoms. The van der Waals surface area contributed by atoms with Crippen molar-refractivity contribution in [3.05, 3.63) is 72.6 Å². The zero-order chi connectivity index (χ0) is 36.9. The summed E-state index contributed by atoms with van der Waals surface area (Å²) in [4.78, 5) is 58.7. The summed E-state index contributed by atoms with van der Waals surface area (Å²) in [6.07, 6.45) is 8.48. The number of hydrogen-bond acceptors (Lipinski definition) is 8. The molecule has 53 heavy (non-hydrogen) atoms. The number of rotatable bonds is 11. The van der Waals surface area contributed by atoms with E-state index in [2.05, 4.69) is 74.1 Å². The topological polar surface area (TPSA) is 158 Å². The van der Waals surface area contributed by atoms with Crippen LogP contribution in [0.3, 0.4) is 0 Å². The minimum absolute atomic E-state index is 0.0383. The molecule has 13 heteroatoms. The van der Waals surface area contributed by atoms with E-state index in [1.165, 1.54) is 7.11 Å². The molecule has 0 saturated carbocycles. The van der Waals surface area contributed by atoms with Crippen molar-refractivity contribution >= 4 is 17.9 Å². The molecule has 3 amide bonds. The van der Waals surface area contributed by atoms with Crippen molar-refractivity contribution in [2.75, 3.05) is 40.0 Å². The Hall–Kier alpha value is -5.01. The Morgan fingerprint density at radius 2 is 1.30 bits per heavy atom. The van der Waals surface area contributed by atoms with Gasteiger partial charge in [0.05, 0.1) is 49.5 Å². The van der Waals surface area contributed by atoms with Gasteiger partial charge in [-0.15, -0.1) is 0 Å². The number of alkyl carbamates (subject to hydrolysis) is 1. The first-order valence-electron chi connectivity index (χ1n) is 18.9. The lowest BCUT2D eigenvalue weighted by Crippen LogP contribution is -2.51. The molecule has 13 nitrogen and oxygen atoms in total. The predicted octanol–water partition coefficient (Wildman–Crippen LogP) is 5.61. The van der Waals surface area contributed by atoms with Gasteiger partial charge < -0.3 is 39.9 Å². The van der Waals surface area contributed by atoms with Crippen molar-refractivity contribution in [3.8, 4) is 33.6 Å². The van der Waals surface area contributed by atoms with Gasteiger partial charge in [-0.3, -0.25) is 9.59 Å². The van der Waals surface area contributed by atoms with Gasteiger partial charge in [0.1, 0.15) is 17.7 Å². The Balaban J connectivity index is 0.972. The van der Waals surface area contributed by atoms with Gasteiger partial charge in [-0.05, 0) is 66.7 Å². The molecule has 0 aliphatic carbocycles. The molecule has 4 N–H and O–H groups in total. The molecule has 5 heterocycles. The number of imidazole rings is 2. The predicted molar refractivity (Wildman–Crippen MR) is 200 cm³/mol. The van der Waals surface area contributed by atoms with Crippen molar-refractivity contribution in [1.29, 1.82) is 0 Å². The first kappa shape index (κ1) is 36.4. The maximum atomic E-state index is 13.5. The summed E-state index contributed by atoms with van der Waals surface area (Å²) in [5, 5.41) is 6.13. The van der Waals surface area contributed by atoms with E-state index in [1.807, 2.05) is 36.0 Å². The van der Waals surface area contributed by atoms with Crippen LogP contribution in [0.2, 0.25) is 0 Å². The van der Waals surface area contributed by atoms with Crippen molar-refractivity contribution in [1.82, 2.24) is 40.4 Å². The van der Waals surface area contributed by atoms with Crippen molar-refractivity contribution in [3.63, 3.8) is 0 Å². The van der Waals surface area contributed by atoms with Crippen LogP contribution >= 0.6 is 0 Å². The van der Waals surface area contributed by atoms with Gasteiger partial charge in [0.15, 0.2) is 0 Å². The summed E-state index contributed by atoms with van der Waals surface area (Å²) in [6.45, 7) is 7.02. The average molecular weight is 723 g/mol. The monoisotopic (exact) mass is 722 g/mol. The smallest absolute Gasteiger partial charge is 0.407 e. The Morgan fingerprint density at radius 1 is 0.792 bits per heavy atom. The average Bonchev–Trinajstić information content (AvgIpc) is 4.03. The van der Waals surface area contributed by atoms with E-state index in [1.54, 1.807) is 0 Å². The Kier molecular flexibility index (Phi) is 11.2. The van der Waals surface area contributed by atoms with Gasteiger partial charge >= 0.3 is 6.09 Å². The third-order valence-electron chi connectivity index (χ3n) is 10.8. The number of methoxy groups -OCH3 is 1. The highest BCUT2D eigenvalue weighted by atomic mass is 16.5. The maximum Gasteiger partial charge on any atom is 0.407 e. The van der Waals surface area contributed by atoms with Crippen LogP contribution in [0, 0.1) is 5.92 Å². The van der Waals surface area contributed by atoms with E-state index < -0.39 is 12.1 Å². The molecule has 4 aromatic rings. The highest BCUT2D eigenvalue weighted by Gasteiger charge is 2.37. The van der Waals surface area contributed by atoms with Gasteiger partial charge in [-0.1, -0.05) is 62.4 Å². The van der Waals surface area contributed by atoms with E-state index in [0.29, 0.717) is 19.1 Å². The summed E-state index contributed by atoms with van der Waals surface area (Å²) >= 11 is 0. The Morgan fingerprint density at radius 3 is 1.83 bits per heavy atom. The maximum absolute atomic E-state index is 13.5. The van der Waals surface area contributed by atoms with E-state index in [9.17, 15) is 14.4 Å². The van der Waals surface area contributed by atoms with Gasteiger partial charge in [0.25, 0.3) is 0 Å². The van der Waals surface area contributed by atoms with Crippen molar-refractivity contribution in [2.45, 2.75) is 76.5 Å². The lowest BCUT2D eigenvalue weighted by Gasteiger charge is -2.30. The second-order valence-corrected chi connectivity index (χ2v) is 14.6. The molecule has 3 aliphatic heterocycles. The fourth-order valence-electron chi connectivity index (χ4n) is 7.77. The number of carbonyl (C=O) groups excluding carboxylic acids is 3. The zero-order valence-corrected chi connectivity index (χ0v) is 30.8. The number of nitrogens with one attached hydrogen (secondary N) is 4. The number of ether oxygens (including phenoxy) is 2. The quantitative estimate of drug-likeness (QED) is 0.156. The first-order valence-corrected chi connectivity index (χ1v) is 18.9. The highest BCUT2D eigenvalue weighted by Crippen LogP contribution is 2.34. The van der Waals surface area contributed by atoms with E-state index in [-0.39, 0.29) is 29.8 Å². The molecule has 3 fully saturated rings. The Labute approximate surface area is 310 Å². The van der Waals surface area contributed by atoms with Crippen LogP contribution in [-0.2, 0) is 19.1 Å². The van der Waals surface area contributed by atoms with Crippen LogP contribution in [0.4, 0.5) is 4.79 Å². The van der Waals surface area contributed by atoms with Crippen LogP contribution in [0.1, 0.15) is 76.1 Å². The minimum Gasteiger partial charge on any atom is -0.453 e. The van der Waals surface area contributed by atoms with Crippen LogP contribution < -0.4 is 10.6 Å². The molecule has 280 valence electrons. The number of amides is 3. The Bertz CT molecular complexity index is 1860. The zero-order valence-electron chi connectivity index (χ0n) is 30.8. The van der Waals surface area contributed by atoms with Gasteiger partial charge in [-0.2, -0.15) is 0 Å². The number of nitrogens with zero attached hydrogens (tertiary/aromatic N) is 4. The van der Waals surface area contributed by atoms with Gasteiger partial charge in [0.2, 0.25) is 11.8 Å². The summed E-state index contributed by atoms with van der Waals surface area (Å²) in [5.41, 5.74) is 6.02. The van der Waals surface area contributed by atoms with Crippen LogP contribution in [0.5, 0.6) is 0 Å². The third kappa shape index (κ3) is 8.16. The molecule has 7 rings (SSSR count). The second kappa shape index (κ2) is 16.3. The number of carbonyl (C=O) groups is 3. The molecule has 2 aromatic heterocycles. The molecule has 0 radical (unpaired) electrons. The molecule has 0 spiro atoms. The number of aromatic amines is 2. The summed E-state index contributed by atoms with van der Waals surface area (Å²) in [7, 11) is 1.30. The van der Waals surface area contributed by atoms with E-state index >= 15 is 0 Å². The fraction of sp³-hybridized carbons (Fsp3) is 0.475. The fourth-order valence-corrected chi connectivity index (χ4v) is 7.77. The van der Waals surface area contributed by atoms with Crippen molar-refractivity contribution < 1.29 is 23.9 Å². The highest BCUT2D eigenvalue weighted by molar-refractivity contribution is 5.86. The largest absolute Gasteiger partial charge is 0.453 e. The standard InChI is InChI=1S/C40H50N8O5/c1-25(2)36(46-40(51)52-3)39(50)48-19-5-7-34(48)38-43-23-32(45-38)29-14-10-27(11-15-29)26-8-12-28(13-9-26)31-22-42-37(44-31)33-6-4-18-47(33)35(49)24-41-30-16-20-53-21-17-30/h8-15,22-23,25,30,33-34,36,41H,4-7,16-21,24H2,1-3H3,(H,42,44)(H,43,45)(H,46,51)/t33-,34?,36-/m0/s1. The molecule has 3 saturated heterocycles. The minimum atomic E-state index is -0.675. The van der Waals surface area contributed by atoms with E-state index in [0.717, 1.165) is 104 Å².